The van der Waals surface area contributed by atoms with Crippen LogP contribution in [0.2, 0.25) is 10.0 Å². The van der Waals surface area contributed by atoms with Gasteiger partial charge in [-0.25, -0.2) is 9.67 Å². The molecule has 0 radical (unpaired) electrons. The number of hydrogen-bond donors (Lipinski definition) is 2. The number of hydrogen-bond acceptors (Lipinski definition) is 7. The first-order valence-corrected chi connectivity index (χ1v) is 13.1. The summed E-state index contributed by atoms with van der Waals surface area (Å²) in [5, 5.41) is 12.0. The zero-order chi connectivity index (χ0) is 26.4. The van der Waals surface area contributed by atoms with Crippen LogP contribution in [0.25, 0.3) is 0 Å². The van der Waals surface area contributed by atoms with Crippen LogP contribution in [0.1, 0.15) is 11.1 Å². The molecule has 1 aliphatic rings. The molecular weight excluding hydrogens is 525 g/mol. The predicted molar refractivity (Wildman–Crippen MR) is 149 cm³/mol. The minimum atomic E-state index is -1.14. The van der Waals surface area contributed by atoms with E-state index in [2.05, 4.69) is 51.9 Å². The van der Waals surface area contributed by atoms with Crippen LogP contribution in [0.3, 0.4) is 0 Å². The van der Waals surface area contributed by atoms with Gasteiger partial charge in [0.05, 0.1) is 11.6 Å². The summed E-state index contributed by atoms with van der Waals surface area (Å²) in [6.07, 6.45) is 2.76. The molecule has 2 atom stereocenters. The molecule has 5 rings (SSSR count). The van der Waals surface area contributed by atoms with Gasteiger partial charge in [0.25, 0.3) is 0 Å². The Balaban J connectivity index is 1.14. The van der Waals surface area contributed by atoms with Gasteiger partial charge in [0.1, 0.15) is 37.7 Å². The fourth-order valence-corrected chi connectivity index (χ4v) is 4.78. The molecule has 2 N–H and O–H groups in total. The lowest BCUT2D eigenvalue weighted by atomic mass is 10.1. The van der Waals surface area contributed by atoms with Crippen LogP contribution in [0.15, 0.2) is 79.4 Å². The first kappa shape index (κ1) is 26.3. The van der Waals surface area contributed by atoms with Crippen LogP contribution >= 0.6 is 23.2 Å². The second-order valence-corrected chi connectivity index (χ2v) is 9.92. The lowest BCUT2D eigenvalue weighted by Crippen LogP contribution is -2.35. The van der Waals surface area contributed by atoms with Crippen molar-refractivity contribution in [1.29, 1.82) is 0 Å². The average Bonchev–Trinajstić information content (AvgIpc) is 3.58. The standard InChI is InChI=1S/C28H29Cl2N5O3/c1-20-2-5-22(6-3-20)32-12-13-33-23-7-9-24(10-8-23)36-15-25-16-37-28(38-25,17-35-19-31-18-34-35)26-11-4-21(29)14-27(26)30/h2-11,14,18-19,25,32-33H,12-13,15-17H2,1H3. The molecule has 0 aliphatic carbocycles. The molecule has 0 saturated carbocycles. The SMILES string of the molecule is Cc1ccc(NCCNc2ccc(OCC3COC(Cn4cncn4)(c4ccc(Cl)cc4Cl)O3)cc2)cc1. The van der Waals surface area contributed by atoms with Gasteiger partial charge in [-0.1, -0.05) is 47.0 Å². The number of benzene rings is 3. The Kier molecular flexibility index (Phi) is 8.34. The van der Waals surface area contributed by atoms with Crippen LogP contribution in [0.5, 0.6) is 5.75 Å². The first-order chi connectivity index (χ1) is 18.5. The van der Waals surface area contributed by atoms with E-state index in [-0.39, 0.29) is 12.6 Å². The van der Waals surface area contributed by atoms with E-state index in [1.54, 1.807) is 23.1 Å². The number of rotatable bonds is 11. The van der Waals surface area contributed by atoms with E-state index in [4.69, 9.17) is 37.4 Å². The monoisotopic (exact) mass is 553 g/mol. The van der Waals surface area contributed by atoms with Crippen LogP contribution < -0.4 is 15.4 Å². The fourth-order valence-electron chi connectivity index (χ4n) is 4.23. The van der Waals surface area contributed by atoms with Gasteiger partial charge >= 0.3 is 0 Å². The summed E-state index contributed by atoms with van der Waals surface area (Å²) in [6.45, 7) is 4.62. The third-order valence-corrected chi connectivity index (χ3v) is 6.71. The summed E-state index contributed by atoms with van der Waals surface area (Å²) < 4.78 is 20.3. The number of nitrogens with zero attached hydrogens (tertiary/aromatic N) is 3. The Morgan fingerprint density at radius 3 is 2.37 bits per heavy atom. The van der Waals surface area contributed by atoms with E-state index in [1.165, 1.54) is 11.9 Å². The van der Waals surface area contributed by atoms with E-state index < -0.39 is 5.79 Å². The van der Waals surface area contributed by atoms with Crippen molar-refractivity contribution in [2.24, 2.45) is 0 Å². The molecule has 0 spiro atoms. The summed E-state index contributed by atoms with van der Waals surface area (Å²) in [5.74, 6) is -0.390. The van der Waals surface area contributed by atoms with Crippen molar-refractivity contribution >= 4 is 34.6 Å². The Morgan fingerprint density at radius 2 is 1.71 bits per heavy atom. The molecule has 1 saturated heterocycles. The van der Waals surface area contributed by atoms with Gasteiger partial charge in [-0.15, -0.1) is 0 Å². The van der Waals surface area contributed by atoms with E-state index in [1.807, 2.05) is 30.3 Å². The molecule has 1 aliphatic heterocycles. The van der Waals surface area contributed by atoms with Crippen LogP contribution in [-0.2, 0) is 21.8 Å². The van der Waals surface area contributed by atoms with Crippen LogP contribution in [0.4, 0.5) is 11.4 Å². The molecular formula is C28H29Cl2N5O3. The molecule has 3 aromatic carbocycles. The normalized spacial score (nSPS) is 18.9. The molecule has 2 heterocycles. The minimum absolute atomic E-state index is 0.282. The third kappa shape index (κ3) is 6.57. The number of nitrogens with one attached hydrogen (secondary N) is 2. The fraction of sp³-hybridized carbons (Fsp3) is 0.286. The highest BCUT2D eigenvalue weighted by Crippen LogP contribution is 2.40. The zero-order valence-electron chi connectivity index (χ0n) is 20.9. The summed E-state index contributed by atoms with van der Waals surface area (Å²) in [6, 6.07) is 21.5. The summed E-state index contributed by atoms with van der Waals surface area (Å²) >= 11 is 12.6. The van der Waals surface area contributed by atoms with Gasteiger partial charge in [-0.2, -0.15) is 5.10 Å². The van der Waals surface area contributed by atoms with E-state index in [0.717, 1.165) is 30.2 Å². The minimum Gasteiger partial charge on any atom is -0.491 e. The molecule has 0 amide bonds. The Labute approximate surface area is 231 Å². The zero-order valence-corrected chi connectivity index (χ0v) is 22.5. The number of anilines is 2. The van der Waals surface area contributed by atoms with Crippen LogP contribution in [-0.4, -0.2) is 47.2 Å². The lowest BCUT2D eigenvalue weighted by molar-refractivity contribution is -0.190. The van der Waals surface area contributed by atoms with Gasteiger partial charge in [-0.3, -0.25) is 0 Å². The second kappa shape index (κ2) is 12.0. The van der Waals surface area contributed by atoms with Crippen molar-refractivity contribution in [3.63, 3.8) is 0 Å². The van der Waals surface area contributed by atoms with E-state index in [9.17, 15) is 0 Å². The predicted octanol–water partition coefficient (Wildman–Crippen LogP) is 5.76. The average molecular weight is 554 g/mol. The molecule has 4 aromatic rings. The summed E-state index contributed by atoms with van der Waals surface area (Å²) in [5.41, 5.74) is 4.06. The quantitative estimate of drug-likeness (QED) is 0.228. The summed E-state index contributed by atoms with van der Waals surface area (Å²) in [4.78, 5) is 4.02. The Hall–Kier alpha value is -3.30. The first-order valence-electron chi connectivity index (χ1n) is 12.4. The van der Waals surface area contributed by atoms with Crippen molar-refractivity contribution in [1.82, 2.24) is 14.8 Å². The lowest BCUT2D eigenvalue weighted by Gasteiger charge is -2.29. The summed E-state index contributed by atoms with van der Waals surface area (Å²) in [7, 11) is 0. The number of aromatic nitrogens is 3. The highest BCUT2D eigenvalue weighted by Gasteiger charge is 2.45. The van der Waals surface area contributed by atoms with Crippen LogP contribution in [0, 0.1) is 6.92 Å². The second-order valence-electron chi connectivity index (χ2n) is 9.08. The van der Waals surface area contributed by atoms with Crippen molar-refractivity contribution in [3.8, 4) is 5.75 Å². The van der Waals surface area contributed by atoms with E-state index >= 15 is 0 Å². The number of aryl methyl sites for hydroxylation is 1. The van der Waals surface area contributed by atoms with Crippen molar-refractivity contribution in [3.05, 3.63) is 101 Å². The maximum absolute atomic E-state index is 6.53. The van der Waals surface area contributed by atoms with Gasteiger partial charge in [-0.05, 0) is 55.5 Å². The number of halogens is 2. The van der Waals surface area contributed by atoms with Crippen molar-refractivity contribution < 1.29 is 14.2 Å². The molecule has 10 heteroatoms. The molecule has 38 heavy (non-hydrogen) atoms. The topological polar surface area (TPSA) is 82.5 Å². The van der Waals surface area contributed by atoms with Gasteiger partial charge < -0.3 is 24.8 Å². The maximum atomic E-state index is 6.53. The molecule has 2 unspecified atom stereocenters. The Bertz CT molecular complexity index is 1320. The Morgan fingerprint density at radius 1 is 1.00 bits per heavy atom. The largest absolute Gasteiger partial charge is 0.491 e. The van der Waals surface area contributed by atoms with Crippen molar-refractivity contribution in [2.75, 3.05) is 36.9 Å². The molecule has 8 nitrogen and oxygen atoms in total. The smallest absolute Gasteiger partial charge is 0.217 e. The van der Waals surface area contributed by atoms with Crippen molar-refractivity contribution in [2.45, 2.75) is 25.4 Å². The highest BCUT2D eigenvalue weighted by atomic mass is 35.5. The van der Waals surface area contributed by atoms with Gasteiger partial charge in [0.2, 0.25) is 5.79 Å². The van der Waals surface area contributed by atoms with E-state index in [0.29, 0.717) is 28.8 Å². The number of ether oxygens (including phenoxy) is 3. The van der Waals surface area contributed by atoms with Gasteiger partial charge in [0, 0.05) is 35.1 Å². The maximum Gasteiger partial charge on any atom is 0.217 e. The highest BCUT2D eigenvalue weighted by molar-refractivity contribution is 6.35. The molecule has 198 valence electrons. The molecule has 1 aromatic heterocycles. The van der Waals surface area contributed by atoms with Gasteiger partial charge in [0.15, 0.2) is 0 Å². The molecule has 1 fully saturated rings. The third-order valence-electron chi connectivity index (χ3n) is 6.16. The molecule has 0 bridgehead atoms.